The maximum Gasteiger partial charge on any atom is 0.188 e. The minimum atomic E-state index is -0.492. The van der Waals surface area contributed by atoms with Gasteiger partial charge in [0.05, 0.1) is 25.9 Å². The lowest BCUT2D eigenvalue weighted by Crippen LogP contribution is -2.42. The van der Waals surface area contributed by atoms with E-state index < -0.39 is 6.10 Å². The van der Waals surface area contributed by atoms with Gasteiger partial charge < -0.3 is 20.9 Å². The third-order valence-electron chi connectivity index (χ3n) is 2.62. The standard InChI is InChI=1S/C12H24N4O2/c1-10(2)7-14-12(13)15-8-11(17)9-16-3-5-18-6-4-16/h11,17H,1,3-9H2,2H3,(H3,13,14,15). The van der Waals surface area contributed by atoms with E-state index in [0.717, 1.165) is 31.9 Å². The Balaban J connectivity index is 2.19. The molecule has 0 aliphatic carbocycles. The van der Waals surface area contributed by atoms with Crippen molar-refractivity contribution in [2.24, 2.45) is 10.7 Å². The first-order chi connectivity index (χ1) is 8.58. The van der Waals surface area contributed by atoms with E-state index in [1.807, 2.05) is 6.92 Å². The van der Waals surface area contributed by atoms with Crippen LogP contribution in [-0.2, 0) is 4.74 Å². The molecular formula is C12H24N4O2. The highest BCUT2D eigenvalue weighted by Crippen LogP contribution is 1.98. The van der Waals surface area contributed by atoms with Crippen molar-refractivity contribution in [3.05, 3.63) is 12.2 Å². The van der Waals surface area contributed by atoms with Crippen LogP contribution in [-0.4, -0.2) is 68.0 Å². The second-order valence-corrected chi connectivity index (χ2v) is 4.60. The number of guanidine groups is 1. The minimum absolute atomic E-state index is 0.312. The van der Waals surface area contributed by atoms with Crippen LogP contribution in [0.2, 0.25) is 0 Å². The van der Waals surface area contributed by atoms with Crippen molar-refractivity contribution in [1.29, 1.82) is 0 Å². The van der Waals surface area contributed by atoms with Crippen molar-refractivity contribution in [1.82, 2.24) is 10.2 Å². The lowest BCUT2D eigenvalue weighted by atomic mass is 10.3. The van der Waals surface area contributed by atoms with Gasteiger partial charge in [0, 0.05) is 26.2 Å². The Morgan fingerprint density at radius 1 is 1.56 bits per heavy atom. The van der Waals surface area contributed by atoms with Crippen LogP contribution in [0.1, 0.15) is 6.92 Å². The average molecular weight is 256 g/mol. The minimum Gasteiger partial charge on any atom is -0.390 e. The first-order valence-electron chi connectivity index (χ1n) is 6.24. The van der Waals surface area contributed by atoms with Crippen LogP contribution in [0.5, 0.6) is 0 Å². The van der Waals surface area contributed by atoms with Gasteiger partial charge in [0.25, 0.3) is 0 Å². The predicted octanol–water partition coefficient (Wildman–Crippen LogP) is -0.840. The molecule has 0 radical (unpaired) electrons. The molecule has 0 amide bonds. The first-order valence-corrected chi connectivity index (χ1v) is 6.24. The summed E-state index contributed by atoms with van der Waals surface area (Å²) in [7, 11) is 0. The molecular weight excluding hydrogens is 232 g/mol. The molecule has 1 rings (SSSR count). The van der Waals surface area contributed by atoms with Crippen LogP contribution in [0, 0.1) is 0 Å². The molecule has 1 fully saturated rings. The van der Waals surface area contributed by atoms with E-state index in [0.29, 0.717) is 25.6 Å². The molecule has 1 saturated heterocycles. The van der Waals surface area contributed by atoms with E-state index in [9.17, 15) is 5.11 Å². The lowest BCUT2D eigenvalue weighted by Gasteiger charge is -2.28. The second-order valence-electron chi connectivity index (χ2n) is 4.60. The molecule has 0 aromatic carbocycles. The number of aliphatic hydroxyl groups excluding tert-OH is 1. The van der Waals surface area contributed by atoms with Crippen molar-refractivity contribution in [2.45, 2.75) is 13.0 Å². The monoisotopic (exact) mass is 256 g/mol. The fourth-order valence-corrected chi connectivity index (χ4v) is 1.64. The zero-order chi connectivity index (χ0) is 13.4. The average Bonchev–Trinajstić information content (AvgIpc) is 2.35. The summed E-state index contributed by atoms with van der Waals surface area (Å²) in [4.78, 5) is 6.26. The quantitative estimate of drug-likeness (QED) is 0.328. The summed E-state index contributed by atoms with van der Waals surface area (Å²) in [5.74, 6) is 0.346. The van der Waals surface area contributed by atoms with Gasteiger partial charge in [-0.2, -0.15) is 0 Å². The smallest absolute Gasteiger partial charge is 0.188 e. The molecule has 6 heteroatoms. The molecule has 1 aliphatic heterocycles. The van der Waals surface area contributed by atoms with Gasteiger partial charge in [0.2, 0.25) is 0 Å². The van der Waals surface area contributed by atoms with Crippen LogP contribution in [0.3, 0.4) is 0 Å². The molecule has 104 valence electrons. The number of rotatable bonds is 6. The molecule has 1 atom stereocenters. The molecule has 1 aliphatic rings. The van der Waals surface area contributed by atoms with E-state index in [1.165, 1.54) is 0 Å². The second kappa shape index (κ2) is 8.07. The van der Waals surface area contributed by atoms with E-state index >= 15 is 0 Å². The molecule has 18 heavy (non-hydrogen) atoms. The zero-order valence-corrected chi connectivity index (χ0v) is 11.1. The summed E-state index contributed by atoms with van der Waals surface area (Å²) in [5, 5.41) is 12.8. The van der Waals surface area contributed by atoms with Crippen LogP contribution >= 0.6 is 0 Å². The maximum absolute atomic E-state index is 9.84. The zero-order valence-electron chi connectivity index (χ0n) is 11.1. The lowest BCUT2D eigenvalue weighted by molar-refractivity contribution is 0.0165. The van der Waals surface area contributed by atoms with E-state index in [-0.39, 0.29) is 0 Å². The number of hydrogen-bond donors (Lipinski definition) is 3. The summed E-state index contributed by atoms with van der Waals surface area (Å²) in [6.07, 6.45) is -0.492. The topological polar surface area (TPSA) is 83.1 Å². The van der Waals surface area contributed by atoms with Crippen molar-refractivity contribution in [3.8, 4) is 0 Å². The number of nitrogens with one attached hydrogen (secondary N) is 1. The number of morpholine rings is 1. The van der Waals surface area contributed by atoms with Gasteiger partial charge in [0.15, 0.2) is 5.96 Å². The molecule has 0 spiro atoms. The van der Waals surface area contributed by atoms with Gasteiger partial charge in [-0.15, -0.1) is 0 Å². The molecule has 1 heterocycles. The van der Waals surface area contributed by atoms with Crippen molar-refractivity contribution >= 4 is 5.96 Å². The van der Waals surface area contributed by atoms with Crippen molar-refractivity contribution in [2.75, 3.05) is 45.9 Å². The Morgan fingerprint density at radius 3 is 2.83 bits per heavy atom. The fraction of sp³-hybridized carbons (Fsp3) is 0.750. The van der Waals surface area contributed by atoms with E-state index in [2.05, 4.69) is 21.8 Å². The summed E-state index contributed by atoms with van der Waals surface area (Å²) in [6.45, 7) is 10.4. The van der Waals surface area contributed by atoms with Gasteiger partial charge in [0.1, 0.15) is 0 Å². The Labute approximate surface area is 109 Å². The fourth-order valence-electron chi connectivity index (χ4n) is 1.64. The SMILES string of the molecule is C=C(C)CNC(N)=NCC(O)CN1CCOCC1. The van der Waals surface area contributed by atoms with E-state index in [1.54, 1.807) is 0 Å². The molecule has 4 N–H and O–H groups in total. The van der Waals surface area contributed by atoms with Crippen LogP contribution in [0.25, 0.3) is 0 Å². The third-order valence-corrected chi connectivity index (χ3v) is 2.62. The highest BCUT2D eigenvalue weighted by atomic mass is 16.5. The van der Waals surface area contributed by atoms with Crippen LogP contribution < -0.4 is 11.1 Å². The van der Waals surface area contributed by atoms with Crippen molar-refractivity contribution in [3.63, 3.8) is 0 Å². The summed E-state index contributed by atoms with van der Waals surface area (Å²) in [5.41, 5.74) is 6.64. The van der Waals surface area contributed by atoms with Crippen molar-refractivity contribution < 1.29 is 9.84 Å². The van der Waals surface area contributed by atoms with Gasteiger partial charge in [-0.05, 0) is 6.92 Å². The number of β-amino-alcohol motifs (C(OH)–C–C–N with tert-alkyl or cyclic N) is 1. The molecule has 0 aromatic heterocycles. The normalized spacial score (nSPS) is 19.6. The molecule has 6 nitrogen and oxygen atoms in total. The number of aliphatic hydroxyl groups is 1. The molecule has 0 saturated carbocycles. The van der Waals surface area contributed by atoms with Crippen LogP contribution in [0.4, 0.5) is 0 Å². The number of nitrogens with zero attached hydrogens (tertiary/aromatic N) is 2. The van der Waals surface area contributed by atoms with E-state index in [4.69, 9.17) is 10.5 Å². The summed E-state index contributed by atoms with van der Waals surface area (Å²) < 4.78 is 5.24. The Bertz CT molecular complexity index is 288. The number of nitrogens with two attached hydrogens (primary N) is 1. The number of aliphatic imine (C=N–C) groups is 1. The Hall–Kier alpha value is -1.11. The highest BCUT2D eigenvalue weighted by Gasteiger charge is 2.14. The number of hydrogen-bond acceptors (Lipinski definition) is 4. The Morgan fingerprint density at radius 2 is 2.22 bits per heavy atom. The maximum atomic E-state index is 9.84. The third kappa shape index (κ3) is 6.58. The van der Waals surface area contributed by atoms with Gasteiger partial charge in [-0.1, -0.05) is 12.2 Å². The first kappa shape index (κ1) is 14.9. The molecule has 1 unspecified atom stereocenters. The largest absolute Gasteiger partial charge is 0.390 e. The van der Waals surface area contributed by atoms with Gasteiger partial charge in [-0.3, -0.25) is 9.89 Å². The van der Waals surface area contributed by atoms with Gasteiger partial charge >= 0.3 is 0 Å². The Kier molecular flexibility index (Phi) is 6.70. The van der Waals surface area contributed by atoms with Crippen LogP contribution in [0.15, 0.2) is 17.1 Å². The highest BCUT2D eigenvalue weighted by molar-refractivity contribution is 5.78. The predicted molar refractivity (Wildman–Crippen MR) is 72.6 cm³/mol. The number of ether oxygens (including phenoxy) is 1. The molecule has 0 bridgehead atoms. The summed E-state index contributed by atoms with van der Waals surface area (Å²) >= 11 is 0. The van der Waals surface area contributed by atoms with Gasteiger partial charge in [-0.25, -0.2) is 0 Å². The molecule has 0 aromatic rings. The summed E-state index contributed by atoms with van der Waals surface area (Å²) in [6, 6.07) is 0.